The molecule has 0 aliphatic heterocycles. The maximum absolute atomic E-state index is 11.3. The molecule has 0 saturated carbocycles. The summed E-state index contributed by atoms with van der Waals surface area (Å²) >= 11 is 0. The largest absolute Gasteiger partial charge is 0.353 e. The van der Waals surface area contributed by atoms with Crippen molar-refractivity contribution in [1.82, 2.24) is 5.32 Å². The number of nitrogens with one attached hydrogen (secondary N) is 1. The summed E-state index contributed by atoms with van der Waals surface area (Å²) in [4.78, 5) is 11.3. The van der Waals surface area contributed by atoms with Crippen LogP contribution in [0.15, 0.2) is 12.7 Å². The minimum absolute atomic E-state index is 0.0451. The van der Waals surface area contributed by atoms with Gasteiger partial charge in [0.05, 0.1) is 0 Å². The van der Waals surface area contributed by atoms with Gasteiger partial charge in [-0.3, -0.25) is 4.79 Å². The van der Waals surface area contributed by atoms with Crippen molar-refractivity contribution in [2.75, 3.05) is 6.54 Å². The molecule has 2 nitrogen and oxygen atoms in total. The summed E-state index contributed by atoms with van der Waals surface area (Å²) in [5, 5.41) is 2.94. The second-order valence-electron chi connectivity index (χ2n) is 7.03. The first-order valence-electron chi connectivity index (χ1n) is 9.48. The number of amides is 1. The summed E-state index contributed by atoms with van der Waals surface area (Å²) in [6.45, 7) is 11.2. The van der Waals surface area contributed by atoms with E-state index in [1.807, 2.05) is 0 Å². The minimum atomic E-state index is -0.0451. The summed E-state index contributed by atoms with van der Waals surface area (Å²) in [5.74, 6) is -0.0451. The fourth-order valence-corrected chi connectivity index (χ4v) is 3.07. The SMILES string of the molecule is C=CC(=O)NCCC(C)(CCCCCC)CCCCCCC. The summed E-state index contributed by atoms with van der Waals surface area (Å²) in [6, 6.07) is 0. The summed E-state index contributed by atoms with van der Waals surface area (Å²) in [6.07, 6.45) is 17.1. The predicted octanol–water partition coefficient (Wildman–Crippen LogP) is 6.02. The van der Waals surface area contributed by atoms with E-state index in [9.17, 15) is 4.79 Å². The van der Waals surface area contributed by atoms with Crippen LogP contribution in [0.5, 0.6) is 0 Å². The van der Waals surface area contributed by atoms with Crippen LogP contribution in [0.25, 0.3) is 0 Å². The third kappa shape index (κ3) is 11.8. The maximum Gasteiger partial charge on any atom is 0.243 e. The van der Waals surface area contributed by atoms with Crippen molar-refractivity contribution in [3.05, 3.63) is 12.7 Å². The number of hydrogen-bond acceptors (Lipinski definition) is 1. The highest BCUT2D eigenvalue weighted by Gasteiger charge is 2.23. The molecule has 0 fully saturated rings. The Morgan fingerprint density at radius 3 is 1.91 bits per heavy atom. The van der Waals surface area contributed by atoms with Crippen LogP contribution in [0, 0.1) is 5.41 Å². The highest BCUT2D eigenvalue weighted by Crippen LogP contribution is 2.34. The lowest BCUT2D eigenvalue weighted by atomic mass is 9.77. The van der Waals surface area contributed by atoms with Gasteiger partial charge in [0.15, 0.2) is 0 Å². The van der Waals surface area contributed by atoms with Gasteiger partial charge in [0, 0.05) is 6.54 Å². The van der Waals surface area contributed by atoms with E-state index in [4.69, 9.17) is 0 Å². The monoisotopic (exact) mass is 309 g/mol. The van der Waals surface area contributed by atoms with Crippen molar-refractivity contribution in [2.45, 2.75) is 97.8 Å². The molecule has 0 rings (SSSR count). The van der Waals surface area contributed by atoms with E-state index in [-0.39, 0.29) is 5.91 Å². The van der Waals surface area contributed by atoms with Crippen LogP contribution in [0.2, 0.25) is 0 Å². The molecular weight excluding hydrogens is 270 g/mol. The Bertz CT molecular complexity index is 287. The lowest BCUT2D eigenvalue weighted by Gasteiger charge is -2.30. The zero-order chi connectivity index (χ0) is 16.7. The van der Waals surface area contributed by atoms with E-state index < -0.39 is 0 Å². The van der Waals surface area contributed by atoms with Gasteiger partial charge in [-0.1, -0.05) is 85.1 Å². The molecule has 1 unspecified atom stereocenters. The van der Waals surface area contributed by atoms with Crippen molar-refractivity contribution >= 4 is 5.91 Å². The molecule has 0 aromatic heterocycles. The van der Waals surface area contributed by atoms with Crippen molar-refractivity contribution < 1.29 is 4.79 Å². The lowest BCUT2D eigenvalue weighted by Crippen LogP contribution is -2.28. The molecule has 0 heterocycles. The normalized spacial score (nSPS) is 13.6. The molecule has 0 aliphatic rings. The quantitative estimate of drug-likeness (QED) is 0.291. The van der Waals surface area contributed by atoms with Gasteiger partial charge in [-0.25, -0.2) is 0 Å². The van der Waals surface area contributed by atoms with Crippen LogP contribution in [0.1, 0.15) is 97.8 Å². The third-order valence-electron chi connectivity index (χ3n) is 4.73. The number of unbranched alkanes of at least 4 members (excludes halogenated alkanes) is 7. The Morgan fingerprint density at radius 2 is 1.41 bits per heavy atom. The van der Waals surface area contributed by atoms with Crippen LogP contribution in [-0.4, -0.2) is 12.5 Å². The van der Waals surface area contributed by atoms with Gasteiger partial charge in [0.2, 0.25) is 5.91 Å². The average Bonchev–Trinajstić information content (AvgIpc) is 2.51. The molecule has 22 heavy (non-hydrogen) atoms. The average molecular weight is 310 g/mol. The van der Waals surface area contributed by atoms with E-state index >= 15 is 0 Å². The third-order valence-corrected chi connectivity index (χ3v) is 4.73. The smallest absolute Gasteiger partial charge is 0.243 e. The zero-order valence-electron chi connectivity index (χ0n) is 15.4. The first kappa shape index (κ1) is 21.2. The number of carbonyl (C=O) groups is 1. The molecule has 130 valence electrons. The molecule has 0 aromatic rings. The first-order chi connectivity index (χ1) is 10.6. The number of rotatable bonds is 15. The van der Waals surface area contributed by atoms with E-state index in [1.54, 1.807) is 0 Å². The molecule has 0 aromatic carbocycles. The molecule has 0 saturated heterocycles. The molecule has 1 N–H and O–H groups in total. The standard InChI is InChI=1S/C20H39NO/c1-5-8-10-12-14-16-20(4,15-13-11-9-6-2)17-18-21-19(22)7-3/h7H,3,5-6,8-18H2,1-2,4H3,(H,21,22). The van der Waals surface area contributed by atoms with E-state index in [1.165, 1.54) is 76.7 Å². The van der Waals surface area contributed by atoms with Crippen molar-refractivity contribution in [2.24, 2.45) is 5.41 Å². The number of hydrogen-bond donors (Lipinski definition) is 1. The van der Waals surface area contributed by atoms with Gasteiger partial charge < -0.3 is 5.32 Å². The van der Waals surface area contributed by atoms with Gasteiger partial charge in [-0.15, -0.1) is 0 Å². The first-order valence-corrected chi connectivity index (χ1v) is 9.48. The molecule has 1 amide bonds. The highest BCUT2D eigenvalue weighted by molar-refractivity contribution is 5.86. The van der Waals surface area contributed by atoms with E-state index in [2.05, 4.69) is 32.7 Å². The van der Waals surface area contributed by atoms with E-state index in [0.717, 1.165) is 13.0 Å². The maximum atomic E-state index is 11.3. The Kier molecular flexibility index (Phi) is 13.3. The molecular formula is C20H39NO. The molecule has 0 spiro atoms. The lowest BCUT2D eigenvalue weighted by molar-refractivity contribution is -0.116. The zero-order valence-corrected chi connectivity index (χ0v) is 15.4. The fourth-order valence-electron chi connectivity index (χ4n) is 3.07. The summed E-state index contributed by atoms with van der Waals surface area (Å²) in [7, 11) is 0. The molecule has 2 heteroatoms. The topological polar surface area (TPSA) is 29.1 Å². The van der Waals surface area contributed by atoms with Crippen LogP contribution < -0.4 is 5.32 Å². The minimum Gasteiger partial charge on any atom is -0.353 e. The molecule has 0 aliphatic carbocycles. The fraction of sp³-hybridized carbons (Fsp3) is 0.850. The Labute approximate surface area is 139 Å². The Balaban J connectivity index is 4.15. The summed E-state index contributed by atoms with van der Waals surface area (Å²) < 4.78 is 0. The van der Waals surface area contributed by atoms with Gasteiger partial charge in [0.1, 0.15) is 0 Å². The number of carbonyl (C=O) groups excluding carboxylic acids is 1. The Hall–Kier alpha value is -0.790. The Morgan fingerprint density at radius 1 is 0.909 bits per heavy atom. The van der Waals surface area contributed by atoms with Gasteiger partial charge in [0.25, 0.3) is 0 Å². The highest BCUT2D eigenvalue weighted by atomic mass is 16.1. The second-order valence-corrected chi connectivity index (χ2v) is 7.03. The van der Waals surface area contributed by atoms with Crippen LogP contribution in [0.3, 0.4) is 0 Å². The summed E-state index contributed by atoms with van der Waals surface area (Å²) in [5.41, 5.74) is 0.383. The van der Waals surface area contributed by atoms with Crippen molar-refractivity contribution in [3.63, 3.8) is 0 Å². The van der Waals surface area contributed by atoms with Gasteiger partial charge in [-0.05, 0) is 30.8 Å². The molecule has 0 bridgehead atoms. The van der Waals surface area contributed by atoms with Crippen LogP contribution in [0.4, 0.5) is 0 Å². The molecule has 1 atom stereocenters. The molecule has 0 radical (unpaired) electrons. The van der Waals surface area contributed by atoms with E-state index in [0.29, 0.717) is 5.41 Å². The van der Waals surface area contributed by atoms with Crippen molar-refractivity contribution in [3.8, 4) is 0 Å². The second kappa shape index (κ2) is 13.8. The van der Waals surface area contributed by atoms with Crippen LogP contribution >= 0.6 is 0 Å². The van der Waals surface area contributed by atoms with Gasteiger partial charge in [-0.2, -0.15) is 0 Å². The van der Waals surface area contributed by atoms with Crippen molar-refractivity contribution in [1.29, 1.82) is 0 Å². The van der Waals surface area contributed by atoms with Gasteiger partial charge >= 0.3 is 0 Å². The van der Waals surface area contributed by atoms with Crippen LogP contribution in [-0.2, 0) is 4.79 Å². The predicted molar refractivity (Wildman–Crippen MR) is 98.1 cm³/mol.